The summed E-state index contributed by atoms with van der Waals surface area (Å²) in [5.74, 6) is -2.50. The molecule has 1 aromatic carbocycles. The molecular formula is C46H74N4O22S. The van der Waals surface area contributed by atoms with Gasteiger partial charge in [0.2, 0.25) is 17.7 Å². The molecule has 19 unspecified atom stereocenters. The molecule has 1 aromatic rings. The first-order chi connectivity index (χ1) is 34.9. The topological polar surface area (TPSA) is 382 Å². The molecule has 0 aromatic heterocycles. The number of nitrogens with one attached hydrogen (secondary N) is 4. The minimum absolute atomic E-state index is 0.0961. The van der Waals surface area contributed by atoms with Crippen LogP contribution in [0.3, 0.4) is 0 Å². The van der Waals surface area contributed by atoms with Gasteiger partial charge in [0.15, 0.2) is 25.2 Å². The van der Waals surface area contributed by atoms with Crippen molar-refractivity contribution in [2.24, 2.45) is 0 Å². The first-order valence-corrected chi connectivity index (χ1v) is 24.8. The molecule has 0 aliphatic carbocycles. The second kappa shape index (κ2) is 29.2. The predicted octanol–water partition coefficient (Wildman–Crippen LogP) is -3.88. The Kier molecular flexibility index (Phi) is 24.2. The molecular weight excluding hydrogens is 993 g/mol. The first kappa shape index (κ1) is 60.4. The molecule has 73 heavy (non-hydrogen) atoms. The monoisotopic (exact) mass is 1070 g/mol. The predicted molar refractivity (Wildman–Crippen MR) is 252 cm³/mol. The van der Waals surface area contributed by atoms with Gasteiger partial charge in [-0.15, -0.1) is 0 Å². The van der Waals surface area contributed by atoms with E-state index < -0.39 is 173 Å². The number of rotatable bonds is 25. The van der Waals surface area contributed by atoms with Crippen molar-refractivity contribution in [3.8, 4) is 5.75 Å². The maximum absolute atomic E-state index is 13.8. The molecule has 20 atom stereocenters. The summed E-state index contributed by atoms with van der Waals surface area (Å²) in [6, 6.07) is -0.0633. The number of carbonyl (C=O) groups is 4. The fourth-order valence-electron chi connectivity index (χ4n) is 9.21. The molecule has 5 rings (SSSR count). The van der Waals surface area contributed by atoms with Crippen molar-refractivity contribution in [1.29, 1.82) is 0 Å². The zero-order chi connectivity index (χ0) is 53.5. The normalized spacial score (nSPS) is 36.7. The number of benzene rings is 1. The van der Waals surface area contributed by atoms with Crippen molar-refractivity contribution in [3.63, 3.8) is 0 Å². The van der Waals surface area contributed by atoms with Gasteiger partial charge >= 0.3 is 0 Å². The van der Waals surface area contributed by atoms with Gasteiger partial charge in [0.05, 0.1) is 33.0 Å². The Balaban J connectivity index is 1.35. The third-order valence-electron chi connectivity index (χ3n) is 12.9. The smallest absolute Gasteiger partial charge is 0.251 e. The van der Waals surface area contributed by atoms with Crippen LogP contribution in [0.25, 0.3) is 0 Å². The van der Waals surface area contributed by atoms with E-state index in [9.17, 15) is 65.1 Å². The molecule has 4 amide bonds. The number of carbonyl (C=O) groups excluding carboxylic acids is 4. The Morgan fingerprint density at radius 2 is 1.01 bits per heavy atom. The van der Waals surface area contributed by atoms with Crippen molar-refractivity contribution in [1.82, 2.24) is 21.3 Å². The molecule has 4 aliphatic heterocycles. The number of hydrogen-bond acceptors (Lipinski definition) is 23. The van der Waals surface area contributed by atoms with Crippen LogP contribution >= 0.6 is 12.9 Å². The van der Waals surface area contributed by atoms with Crippen molar-refractivity contribution < 1.29 is 107 Å². The molecule has 0 saturated carbocycles. The molecule has 0 bridgehead atoms. The average Bonchev–Trinajstić information content (AvgIpc) is 3.35. The average molecular weight is 1070 g/mol. The summed E-state index contributed by atoms with van der Waals surface area (Å²) in [6.07, 6.45) is -19.6. The Bertz CT molecular complexity index is 1900. The number of aliphatic hydroxyl groups excluding tert-OH is 9. The minimum Gasteiger partial charge on any atom is -0.494 e. The van der Waals surface area contributed by atoms with Crippen molar-refractivity contribution in [3.05, 3.63) is 29.8 Å². The van der Waals surface area contributed by atoms with Crippen LogP contribution in [0.5, 0.6) is 5.75 Å². The molecule has 4 aliphatic rings. The van der Waals surface area contributed by atoms with Gasteiger partial charge in [0, 0.05) is 26.3 Å². The van der Waals surface area contributed by atoms with E-state index in [1.54, 1.807) is 12.1 Å². The van der Waals surface area contributed by atoms with E-state index in [-0.39, 0.29) is 5.56 Å². The van der Waals surface area contributed by atoms with Crippen molar-refractivity contribution in [2.75, 3.05) is 33.0 Å². The molecule has 4 heterocycles. The zero-order valence-corrected chi connectivity index (χ0v) is 42.0. The van der Waals surface area contributed by atoms with Gasteiger partial charge in [-0.05, 0) is 37.5 Å². The summed E-state index contributed by atoms with van der Waals surface area (Å²) in [6.45, 7) is 2.78. The van der Waals surface area contributed by atoms with Gasteiger partial charge < -0.3 is 109 Å². The molecule has 0 radical (unpaired) electrons. The van der Waals surface area contributed by atoms with Crippen LogP contribution in [0.4, 0.5) is 0 Å². The van der Waals surface area contributed by atoms with Crippen molar-refractivity contribution in [2.45, 2.75) is 195 Å². The summed E-state index contributed by atoms with van der Waals surface area (Å²) >= 11 is 3.73. The summed E-state index contributed by atoms with van der Waals surface area (Å²) in [7, 11) is 0. The highest BCUT2D eigenvalue weighted by Gasteiger charge is 2.56. The molecule has 0 spiro atoms. The number of thiol groups is 1. The Labute approximate surface area is 427 Å². The van der Waals surface area contributed by atoms with Gasteiger partial charge in [-0.25, -0.2) is 0 Å². The Morgan fingerprint density at radius 3 is 1.51 bits per heavy atom. The van der Waals surface area contributed by atoms with Crippen LogP contribution < -0.4 is 26.0 Å². The highest BCUT2D eigenvalue weighted by atomic mass is 32.1. The lowest BCUT2D eigenvalue weighted by Gasteiger charge is -2.51. The maximum Gasteiger partial charge on any atom is 0.251 e. The lowest BCUT2D eigenvalue weighted by atomic mass is 9.93. The van der Waals surface area contributed by atoms with E-state index in [2.05, 4.69) is 41.1 Å². The fourth-order valence-corrected chi connectivity index (χ4v) is 9.35. The van der Waals surface area contributed by atoms with Gasteiger partial charge in [-0.1, -0.05) is 51.5 Å². The van der Waals surface area contributed by atoms with Gasteiger partial charge in [-0.2, -0.15) is 0 Å². The molecule has 4 saturated heterocycles. The van der Waals surface area contributed by atoms with Crippen LogP contribution in [0, 0.1) is 0 Å². The third-order valence-corrected chi connectivity index (χ3v) is 13.1. The quantitative estimate of drug-likeness (QED) is 0.0253. The highest BCUT2D eigenvalue weighted by molar-refractivity contribution is 7.75. The molecule has 26 nitrogen and oxygen atoms in total. The van der Waals surface area contributed by atoms with Crippen LogP contribution in [0.1, 0.15) is 83.0 Å². The second-order valence-corrected chi connectivity index (χ2v) is 18.7. The standard InChI is InChI=1S/C46H74N4O22S/c1-5-6-7-8-9-10-11-15-64-25-14-12-13-24(16-25)42(62)50-31-35(58)34(57)26(17-51)67-44(31)70-39-27(18-52)68-45(32(37(39)60)48-22(3)55)71-40-28(19-53)69-46(33(38(40)61)49-23(4)56)72-41-29(20-65-73)66-43(63)30(36(41)59)47-21(2)54/h12-14,16,26-41,43-46,51-53,57-61,63,73H,5-11,15,17-20H2,1-4H3,(H,47,54)(H,48,55)(H,49,56)(H,50,62)/t26?,27?,28?,29?,30-,31?,32?,33?,34?,35?,36?,37?,38?,39?,40?,41?,43?,44?,45?,46?/m0/s1. The maximum atomic E-state index is 13.8. The van der Waals surface area contributed by atoms with Gasteiger partial charge in [0.25, 0.3) is 5.91 Å². The summed E-state index contributed by atoms with van der Waals surface area (Å²) in [5, 5.41) is 109. The number of amides is 4. The summed E-state index contributed by atoms with van der Waals surface area (Å²) in [5.41, 5.74) is 0.0961. The van der Waals surface area contributed by atoms with Gasteiger partial charge in [0.1, 0.15) is 103 Å². The van der Waals surface area contributed by atoms with Crippen molar-refractivity contribution >= 4 is 36.5 Å². The number of ether oxygens (including phenoxy) is 8. The van der Waals surface area contributed by atoms with E-state index >= 15 is 0 Å². The molecule has 13 N–H and O–H groups in total. The SMILES string of the molecule is CCCCCCCCCOc1cccc(C(=O)NC2C(OC3C(CO)OC(OC4C(CO)OC(OC5C(COS)OC(O)[C@@H](NC(C)=O)C5O)C(NC(C)=O)C4O)C(NC(C)=O)C3O)OC(CO)C(O)C2O)c1. The Morgan fingerprint density at radius 1 is 0.562 bits per heavy atom. The van der Waals surface area contributed by atoms with E-state index in [1.807, 2.05) is 0 Å². The van der Waals surface area contributed by atoms with E-state index in [0.717, 1.165) is 52.9 Å². The number of unbranched alkanes of at least 4 members (excludes halogenated alkanes) is 6. The van der Waals surface area contributed by atoms with E-state index in [4.69, 9.17) is 42.1 Å². The minimum atomic E-state index is -1.93. The fraction of sp³-hybridized carbons (Fsp3) is 0.783. The Hall–Kier alpha value is -3.43. The lowest BCUT2D eigenvalue weighted by Crippen LogP contribution is -2.71. The molecule has 416 valence electrons. The number of aliphatic hydroxyl groups is 9. The lowest BCUT2D eigenvalue weighted by molar-refractivity contribution is -0.361. The first-order valence-electron chi connectivity index (χ1n) is 24.5. The summed E-state index contributed by atoms with van der Waals surface area (Å²) < 4.78 is 52.6. The van der Waals surface area contributed by atoms with E-state index in [0.29, 0.717) is 12.4 Å². The zero-order valence-electron chi connectivity index (χ0n) is 41.1. The number of hydrogen-bond donors (Lipinski definition) is 14. The molecule has 4 fully saturated rings. The van der Waals surface area contributed by atoms with Crippen LogP contribution in [0.15, 0.2) is 24.3 Å². The highest BCUT2D eigenvalue weighted by Crippen LogP contribution is 2.35. The van der Waals surface area contributed by atoms with Crippen LogP contribution in [-0.4, -0.2) is 225 Å². The molecule has 27 heteroatoms. The van der Waals surface area contributed by atoms with Crippen LogP contribution in [-0.2, 0) is 51.7 Å². The largest absolute Gasteiger partial charge is 0.494 e. The van der Waals surface area contributed by atoms with E-state index in [1.165, 1.54) is 25.0 Å². The third kappa shape index (κ3) is 16.1. The summed E-state index contributed by atoms with van der Waals surface area (Å²) in [4.78, 5) is 51.0. The van der Waals surface area contributed by atoms with Gasteiger partial charge in [-0.3, -0.25) is 19.2 Å². The second-order valence-electron chi connectivity index (χ2n) is 18.5. The van der Waals surface area contributed by atoms with Crippen LogP contribution in [0.2, 0.25) is 0 Å².